The molecule has 2 aromatic rings. The van der Waals surface area contributed by atoms with Crippen LogP contribution >= 0.6 is 0 Å². The normalized spacial score (nSPS) is 12.6. The molecule has 29 heavy (non-hydrogen) atoms. The van der Waals surface area contributed by atoms with E-state index in [4.69, 9.17) is 13.5 Å². The number of nitrogens with zero attached hydrogens (tertiary/aromatic N) is 1. The summed E-state index contributed by atoms with van der Waals surface area (Å²) in [5, 5.41) is 10.3. The van der Waals surface area contributed by atoms with E-state index in [1.807, 2.05) is 24.3 Å². The standard InChI is InChI=1S/C23H35NO2Si3/c1-8-9-18-27(2,3)25-29(6,7)26-28(4,5)23-16-14-22(15-17-23)21-12-10-20(19-24)11-13-21/h10-17H,8-9,18H2,1-7H3. The third-order valence-electron chi connectivity index (χ3n) is 5.08. The highest BCUT2D eigenvalue weighted by atomic mass is 28.5. The van der Waals surface area contributed by atoms with Gasteiger partial charge in [0.2, 0.25) is 8.32 Å². The van der Waals surface area contributed by atoms with Crippen molar-refractivity contribution >= 4 is 30.4 Å². The van der Waals surface area contributed by atoms with E-state index in [0.29, 0.717) is 5.56 Å². The Balaban J connectivity index is 2.12. The van der Waals surface area contributed by atoms with Crippen LogP contribution in [0.5, 0.6) is 0 Å². The summed E-state index contributed by atoms with van der Waals surface area (Å²) in [5.41, 5.74) is 2.96. The molecule has 3 nitrogen and oxygen atoms in total. The van der Waals surface area contributed by atoms with Crippen LogP contribution in [-0.2, 0) is 8.23 Å². The SMILES string of the molecule is CCCC[Si](C)(C)O[Si](C)(C)O[Si](C)(C)c1ccc(-c2ccc(C#N)cc2)cc1. The molecule has 0 saturated carbocycles. The zero-order valence-electron chi connectivity index (χ0n) is 19.0. The molecule has 0 bridgehead atoms. The van der Waals surface area contributed by atoms with Crippen LogP contribution in [0.25, 0.3) is 11.1 Å². The quantitative estimate of drug-likeness (QED) is 0.424. The average molecular weight is 442 g/mol. The molecule has 0 aliphatic carbocycles. The zero-order valence-corrected chi connectivity index (χ0v) is 22.0. The van der Waals surface area contributed by atoms with Crippen molar-refractivity contribution < 1.29 is 8.23 Å². The lowest BCUT2D eigenvalue weighted by Gasteiger charge is -2.39. The Labute approximate surface area is 180 Å². The molecule has 0 fully saturated rings. The van der Waals surface area contributed by atoms with E-state index in [2.05, 4.69) is 76.5 Å². The van der Waals surface area contributed by atoms with Crippen molar-refractivity contribution in [2.75, 3.05) is 0 Å². The molecule has 0 saturated heterocycles. The lowest BCUT2D eigenvalue weighted by Crippen LogP contribution is -2.56. The van der Waals surface area contributed by atoms with Gasteiger partial charge in [-0.1, -0.05) is 56.2 Å². The summed E-state index contributed by atoms with van der Waals surface area (Å²) in [6.45, 7) is 15.8. The van der Waals surface area contributed by atoms with Crippen LogP contribution in [0.4, 0.5) is 0 Å². The summed E-state index contributed by atoms with van der Waals surface area (Å²) in [6.07, 6.45) is 2.45. The Bertz CT molecular complexity index is 838. The van der Waals surface area contributed by atoms with E-state index in [1.165, 1.54) is 24.1 Å². The third-order valence-corrected chi connectivity index (χ3v) is 16.5. The summed E-state index contributed by atoms with van der Waals surface area (Å²) in [5.74, 6) is 0. The van der Waals surface area contributed by atoms with E-state index >= 15 is 0 Å². The Morgan fingerprint density at radius 2 is 1.31 bits per heavy atom. The molecule has 0 aliphatic heterocycles. The van der Waals surface area contributed by atoms with E-state index in [-0.39, 0.29) is 0 Å². The van der Waals surface area contributed by atoms with Crippen molar-refractivity contribution in [3.05, 3.63) is 54.1 Å². The molecule has 0 spiro atoms. The van der Waals surface area contributed by atoms with Gasteiger partial charge < -0.3 is 8.23 Å². The molecule has 6 heteroatoms. The molecule has 0 aromatic heterocycles. The molecular formula is C23H35NO2Si3. The minimum atomic E-state index is -2.20. The van der Waals surface area contributed by atoms with Crippen LogP contribution in [0.3, 0.4) is 0 Å². The van der Waals surface area contributed by atoms with Crippen LogP contribution < -0.4 is 5.19 Å². The van der Waals surface area contributed by atoms with Gasteiger partial charge in [0.1, 0.15) is 0 Å². The first-order valence-electron chi connectivity index (χ1n) is 10.5. The van der Waals surface area contributed by atoms with Gasteiger partial charge in [-0.2, -0.15) is 5.26 Å². The third kappa shape index (κ3) is 7.05. The molecule has 0 radical (unpaired) electrons. The molecule has 0 N–H and O–H groups in total. The van der Waals surface area contributed by atoms with Crippen molar-refractivity contribution in [1.29, 1.82) is 5.26 Å². The maximum Gasteiger partial charge on any atom is 0.311 e. The second-order valence-corrected chi connectivity index (χ2v) is 21.3. The lowest BCUT2D eigenvalue weighted by molar-refractivity contribution is 0.393. The fraction of sp³-hybridized carbons (Fsp3) is 0.435. The monoisotopic (exact) mass is 441 g/mol. The van der Waals surface area contributed by atoms with Crippen molar-refractivity contribution in [1.82, 2.24) is 0 Å². The number of hydrogen-bond acceptors (Lipinski definition) is 3. The smallest absolute Gasteiger partial charge is 0.311 e. The van der Waals surface area contributed by atoms with Gasteiger partial charge >= 0.3 is 8.56 Å². The highest BCUT2D eigenvalue weighted by Gasteiger charge is 2.40. The first-order valence-corrected chi connectivity index (χ1v) is 19.3. The Hall–Kier alpha value is -1.50. The van der Waals surface area contributed by atoms with Crippen molar-refractivity contribution in [3.63, 3.8) is 0 Å². The largest absolute Gasteiger partial charge is 0.437 e. The van der Waals surface area contributed by atoms with Gasteiger partial charge in [0.05, 0.1) is 11.6 Å². The van der Waals surface area contributed by atoms with Gasteiger partial charge in [-0.25, -0.2) is 0 Å². The summed E-state index contributed by atoms with van der Waals surface area (Å²) in [4.78, 5) is 0. The predicted molar refractivity (Wildman–Crippen MR) is 131 cm³/mol. The molecule has 0 heterocycles. The number of rotatable bonds is 9. The van der Waals surface area contributed by atoms with E-state index in [0.717, 1.165) is 11.1 Å². The van der Waals surface area contributed by atoms with E-state index in [1.54, 1.807) is 0 Å². The van der Waals surface area contributed by atoms with Crippen LogP contribution in [0.15, 0.2) is 48.5 Å². The second-order valence-electron chi connectivity index (χ2n) is 9.24. The maximum absolute atomic E-state index is 8.97. The number of hydrogen-bond donors (Lipinski definition) is 0. The molecule has 2 aromatic carbocycles. The topological polar surface area (TPSA) is 42.2 Å². The van der Waals surface area contributed by atoms with Gasteiger partial charge in [-0.15, -0.1) is 0 Å². The van der Waals surface area contributed by atoms with Gasteiger partial charge in [0, 0.05) is 0 Å². The molecule has 0 aliphatic rings. The fourth-order valence-corrected chi connectivity index (χ4v) is 17.6. The maximum atomic E-state index is 8.97. The Morgan fingerprint density at radius 1 is 0.793 bits per heavy atom. The summed E-state index contributed by atoms with van der Waals surface area (Å²) < 4.78 is 13.4. The zero-order chi connectivity index (χ0) is 21.7. The molecule has 0 atom stereocenters. The second kappa shape index (κ2) is 9.54. The minimum absolute atomic E-state index is 0.685. The highest BCUT2D eigenvalue weighted by molar-refractivity contribution is 6.93. The molecule has 156 valence electrons. The lowest BCUT2D eigenvalue weighted by atomic mass is 10.0. The van der Waals surface area contributed by atoms with Crippen LogP contribution in [0.1, 0.15) is 25.3 Å². The Morgan fingerprint density at radius 3 is 1.79 bits per heavy atom. The molecule has 0 unspecified atom stereocenters. The number of nitriles is 1. The van der Waals surface area contributed by atoms with Gasteiger partial charge in [-0.05, 0) is 73.8 Å². The Kier molecular flexibility index (Phi) is 7.82. The molecule has 0 amide bonds. The van der Waals surface area contributed by atoms with Gasteiger partial charge in [0.15, 0.2) is 8.32 Å². The van der Waals surface area contributed by atoms with E-state index < -0.39 is 25.2 Å². The fourth-order valence-electron chi connectivity index (χ4n) is 3.81. The first-order chi connectivity index (χ1) is 13.5. The van der Waals surface area contributed by atoms with Gasteiger partial charge in [0.25, 0.3) is 0 Å². The van der Waals surface area contributed by atoms with Crippen molar-refractivity contribution in [3.8, 4) is 17.2 Å². The number of unbranched alkanes of at least 4 members (excludes halogenated alkanes) is 1. The molecule has 2 rings (SSSR count). The minimum Gasteiger partial charge on any atom is -0.437 e. The summed E-state index contributed by atoms with van der Waals surface area (Å²) in [7, 11) is -5.96. The highest BCUT2D eigenvalue weighted by Crippen LogP contribution is 2.25. The summed E-state index contributed by atoms with van der Waals surface area (Å²) >= 11 is 0. The van der Waals surface area contributed by atoms with Crippen molar-refractivity contribution in [2.45, 2.75) is 65.1 Å². The van der Waals surface area contributed by atoms with Crippen molar-refractivity contribution in [2.24, 2.45) is 0 Å². The van der Waals surface area contributed by atoms with Crippen LogP contribution in [0.2, 0.25) is 45.3 Å². The average Bonchev–Trinajstić information content (AvgIpc) is 2.65. The summed E-state index contributed by atoms with van der Waals surface area (Å²) in [6, 6.07) is 19.8. The van der Waals surface area contributed by atoms with Gasteiger partial charge in [-0.3, -0.25) is 0 Å². The number of benzene rings is 2. The molecular weight excluding hydrogens is 407 g/mol. The van der Waals surface area contributed by atoms with Crippen LogP contribution in [-0.4, -0.2) is 25.2 Å². The first kappa shape index (κ1) is 23.8. The predicted octanol–water partition coefficient (Wildman–Crippen LogP) is 6.38. The van der Waals surface area contributed by atoms with Crippen LogP contribution in [0, 0.1) is 11.3 Å². The van der Waals surface area contributed by atoms with E-state index in [9.17, 15) is 0 Å².